The molecule has 0 aromatic carbocycles. The van der Waals surface area contributed by atoms with Gasteiger partial charge in [0.1, 0.15) is 6.42 Å². The van der Waals surface area contributed by atoms with Crippen LogP contribution in [0.2, 0.25) is 0 Å². The maximum absolute atomic E-state index is 10.8. The van der Waals surface area contributed by atoms with Gasteiger partial charge in [-0.2, -0.15) is 0 Å². The molecule has 5 heteroatoms. The largest absolute Gasteiger partial charge is 0.302 e. The van der Waals surface area contributed by atoms with Crippen molar-refractivity contribution in [3.05, 3.63) is 0 Å². The van der Waals surface area contributed by atoms with E-state index in [9.17, 15) is 9.59 Å². The lowest BCUT2D eigenvalue weighted by molar-refractivity contribution is -0.134. The Morgan fingerprint density at radius 3 is 2.70 bits per heavy atom. The zero-order chi connectivity index (χ0) is 7.72. The molecule has 4 nitrogen and oxygen atoms in total. The number of carbonyl (C=O) groups excluding carboxylic acids is 2. The molecular formula is C5H6N2O2S. The van der Waals surface area contributed by atoms with Crippen LogP contribution in [0.25, 0.3) is 0 Å². The Morgan fingerprint density at radius 1 is 1.60 bits per heavy atom. The predicted octanol–water partition coefficient (Wildman–Crippen LogP) is -0.750. The number of rotatable bonds is 0. The minimum absolute atomic E-state index is 0.101. The second-order valence-corrected chi connectivity index (χ2v) is 2.37. The molecule has 0 unspecified atom stereocenters. The maximum atomic E-state index is 10.8. The van der Waals surface area contributed by atoms with Crippen LogP contribution in [0.15, 0.2) is 0 Å². The fourth-order valence-electron chi connectivity index (χ4n) is 0.617. The first-order valence-corrected chi connectivity index (χ1v) is 3.12. The first-order valence-electron chi connectivity index (χ1n) is 2.71. The molecule has 1 rings (SSSR count). The van der Waals surface area contributed by atoms with Gasteiger partial charge in [0.05, 0.1) is 0 Å². The van der Waals surface area contributed by atoms with Crippen molar-refractivity contribution in [2.45, 2.75) is 6.42 Å². The van der Waals surface area contributed by atoms with Crippen molar-refractivity contribution < 1.29 is 9.59 Å². The van der Waals surface area contributed by atoms with E-state index >= 15 is 0 Å². The van der Waals surface area contributed by atoms with Gasteiger partial charge in [-0.15, -0.1) is 0 Å². The molecule has 0 radical (unpaired) electrons. The third kappa shape index (κ3) is 1.13. The van der Waals surface area contributed by atoms with Gasteiger partial charge in [-0.3, -0.25) is 14.5 Å². The van der Waals surface area contributed by atoms with E-state index < -0.39 is 0 Å². The van der Waals surface area contributed by atoms with Gasteiger partial charge < -0.3 is 5.32 Å². The van der Waals surface area contributed by atoms with Gasteiger partial charge in [0.15, 0.2) is 5.11 Å². The molecule has 1 aliphatic rings. The molecule has 54 valence electrons. The van der Waals surface area contributed by atoms with E-state index in [1.165, 1.54) is 11.9 Å². The van der Waals surface area contributed by atoms with Crippen molar-refractivity contribution >= 4 is 29.1 Å². The Balaban J connectivity index is 2.76. The molecule has 1 fully saturated rings. The zero-order valence-electron chi connectivity index (χ0n) is 5.38. The normalized spacial score (nSPS) is 19.3. The Morgan fingerprint density at radius 2 is 2.20 bits per heavy atom. The summed E-state index contributed by atoms with van der Waals surface area (Å²) in [6, 6.07) is 0. The molecule has 1 N–H and O–H groups in total. The molecule has 1 aliphatic heterocycles. The molecule has 0 aliphatic carbocycles. The highest BCUT2D eigenvalue weighted by Crippen LogP contribution is 1.98. The standard InChI is InChI=1S/C5H6N2O2S/c1-7-4(9)2-3(8)6-5(7)10/h2H2,1H3,(H,6,8,10). The third-order valence-corrected chi connectivity index (χ3v) is 1.61. The van der Waals surface area contributed by atoms with Crippen LogP contribution < -0.4 is 5.32 Å². The van der Waals surface area contributed by atoms with Crippen molar-refractivity contribution in [2.75, 3.05) is 7.05 Å². The van der Waals surface area contributed by atoms with Gasteiger partial charge in [-0.1, -0.05) is 0 Å². The van der Waals surface area contributed by atoms with Crippen molar-refractivity contribution in [1.29, 1.82) is 0 Å². The number of hydrogen-bond acceptors (Lipinski definition) is 3. The fraction of sp³-hybridized carbons (Fsp3) is 0.400. The van der Waals surface area contributed by atoms with E-state index in [0.29, 0.717) is 0 Å². The topological polar surface area (TPSA) is 49.4 Å². The summed E-state index contributed by atoms with van der Waals surface area (Å²) in [4.78, 5) is 22.6. The highest BCUT2D eigenvalue weighted by Gasteiger charge is 2.23. The van der Waals surface area contributed by atoms with E-state index in [1.807, 2.05) is 0 Å². The Kier molecular flexibility index (Phi) is 1.67. The van der Waals surface area contributed by atoms with E-state index in [0.717, 1.165) is 0 Å². The molecule has 0 saturated carbocycles. The Bertz CT molecular complexity index is 194. The van der Waals surface area contributed by atoms with E-state index in [4.69, 9.17) is 0 Å². The van der Waals surface area contributed by atoms with Crippen molar-refractivity contribution in [2.24, 2.45) is 0 Å². The van der Waals surface area contributed by atoms with Gasteiger partial charge in [0.25, 0.3) is 0 Å². The van der Waals surface area contributed by atoms with E-state index in [2.05, 4.69) is 17.5 Å². The minimum Gasteiger partial charge on any atom is -0.302 e. The van der Waals surface area contributed by atoms with Crippen LogP contribution in [0.4, 0.5) is 0 Å². The first-order chi connectivity index (χ1) is 4.61. The fourth-order valence-corrected chi connectivity index (χ4v) is 0.832. The molecule has 1 heterocycles. The predicted molar refractivity (Wildman–Crippen MR) is 38.1 cm³/mol. The molecule has 0 atom stereocenters. The minimum atomic E-state index is -0.326. The Labute approximate surface area is 63.2 Å². The highest BCUT2D eigenvalue weighted by atomic mass is 32.1. The first kappa shape index (κ1) is 7.14. The SMILES string of the molecule is CN1C(=O)CC(=O)NC1=S. The molecule has 0 aromatic heterocycles. The zero-order valence-corrected chi connectivity index (χ0v) is 6.20. The molecular weight excluding hydrogens is 152 g/mol. The van der Waals surface area contributed by atoms with Gasteiger partial charge in [0.2, 0.25) is 11.8 Å². The van der Waals surface area contributed by atoms with Crippen molar-refractivity contribution in [3.8, 4) is 0 Å². The molecule has 1 saturated heterocycles. The summed E-state index contributed by atoms with van der Waals surface area (Å²) in [7, 11) is 1.53. The van der Waals surface area contributed by atoms with Crippen LogP contribution in [0.1, 0.15) is 6.42 Å². The smallest absolute Gasteiger partial charge is 0.237 e. The second kappa shape index (κ2) is 2.34. The van der Waals surface area contributed by atoms with Gasteiger partial charge >= 0.3 is 0 Å². The molecule has 10 heavy (non-hydrogen) atoms. The summed E-state index contributed by atoms with van der Waals surface area (Å²) in [5, 5.41) is 2.54. The van der Waals surface area contributed by atoms with Crippen LogP contribution in [-0.2, 0) is 9.59 Å². The van der Waals surface area contributed by atoms with Crippen molar-refractivity contribution in [1.82, 2.24) is 10.2 Å². The maximum Gasteiger partial charge on any atom is 0.237 e. The molecule has 2 amide bonds. The molecule has 0 aromatic rings. The average molecular weight is 158 g/mol. The van der Waals surface area contributed by atoms with Crippen molar-refractivity contribution in [3.63, 3.8) is 0 Å². The lowest BCUT2D eigenvalue weighted by Gasteiger charge is -2.22. The van der Waals surface area contributed by atoms with Crippen LogP contribution in [0.3, 0.4) is 0 Å². The lowest BCUT2D eigenvalue weighted by atomic mass is 10.3. The summed E-state index contributed by atoms with van der Waals surface area (Å²) in [5.74, 6) is -0.582. The number of amides is 2. The van der Waals surface area contributed by atoms with Gasteiger partial charge in [0, 0.05) is 7.05 Å². The summed E-state index contributed by atoms with van der Waals surface area (Å²) < 4.78 is 0. The van der Waals surface area contributed by atoms with Crippen LogP contribution in [0, 0.1) is 0 Å². The summed E-state index contributed by atoms with van der Waals surface area (Å²) >= 11 is 4.66. The number of thiocarbonyl (C=S) groups is 1. The quantitative estimate of drug-likeness (QED) is 0.373. The van der Waals surface area contributed by atoms with E-state index in [-0.39, 0.29) is 23.3 Å². The summed E-state index contributed by atoms with van der Waals surface area (Å²) in [6.07, 6.45) is -0.101. The number of nitrogens with zero attached hydrogens (tertiary/aromatic N) is 1. The number of carbonyl (C=O) groups is 2. The third-order valence-electron chi connectivity index (χ3n) is 1.24. The summed E-state index contributed by atoms with van der Waals surface area (Å²) in [5.41, 5.74) is 0. The average Bonchev–Trinajstić information content (AvgIpc) is 1.82. The number of nitrogens with one attached hydrogen (secondary N) is 1. The van der Waals surface area contributed by atoms with Gasteiger partial charge in [-0.25, -0.2) is 0 Å². The van der Waals surface area contributed by atoms with Crippen LogP contribution in [0.5, 0.6) is 0 Å². The van der Waals surface area contributed by atoms with Gasteiger partial charge in [-0.05, 0) is 12.2 Å². The second-order valence-electron chi connectivity index (χ2n) is 1.98. The van der Waals surface area contributed by atoms with Crippen LogP contribution in [-0.4, -0.2) is 28.9 Å². The highest BCUT2D eigenvalue weighted by molar-refractivity contribution is 7.80. The van der Waals surface area contributed by atoms with Crippen LogP contribution >= 0.6 is 12.2 Å². The Hall–Kier alpha value is -0.970. The number of hydrogen-bond donors (Lipinski definition) is 1. The summed E-state index contributed by atoms with van der Waals surface area (Å²) in [6.45, 7) is 0. The van der Waals surface area contributed by atoms with E-state index in [1.54, 1.807) is 0 Å². The lowest BCUT2D eigenvalue weighted by Crippen LogP contribution is -2.50. The molecule has 0 spiro atoms. The molecule has 0 bridgehead atoms. The monoisotopic (exact) mass is 158 g/mol.